The highest BCUT2D eigenvalue weighted by Gasteiger charge is 2.49. The molecule has 4 nitrogen and oxygen atoms in total. The van der Waals surface area contributed by atoms with Crippen molar-refractivity contribution in [3.05, 3.63) is 10.6 Å². The fraction of sp³-hybridized carbons (Fsp3) is 0.706. The number of aliphatic imine (C=N–C) groups is 1. The number of thioether (sulfide) groups is 1. The number of amidine groups is 1. The van der Waals surface area contributed by atoms with Crippen LogP contribution in [0.4, 0.5) is 0 Å². The molecule has 118 valence electrons. The zero-order valence-corrected chi connectivity index (χ0v) is 14.5. The summed E-state index contributed by atoms with van der Waals surface area (Å²) < 4.78 is 0. The van der Waals surface area contributed by atoms with Gasteiger partial charge in [0.15, 0.2) is 0 Å². The first-order valence-electron chi connectivity index (χ1n) is 7.85. The van der Waals surface area contributed by atoms with Crippen LogP contribution >= 0.6 is 11.8 Å². The fourth-order valence-electron chi connectivity index (χ4n) is 3.34. The van der Waals surface area contributed by atoms with Gasteiger partial charge in [0.1, 0.15) is 16.8 Å². The van der Waals surface area contributed by atoms with Crippen molar-refractivity contribution in [1.82, 2.24) is 0 Å². The van der Waals surface area contributed by atoms with Gasteiger partial charge in [-0.1, -0.05) is 40.0 Å². The molecule has 1 unspecified atom stereocenters. The molecule has 0 bridgehead atoms. The van der Waals surface area contributed by atoms with Gasteiger partial charge in [-0.2, -0.15) is 10.5 Å². The summed E-state index contributed by atoms with van der Waals surface area (Å²) in [5.41, 5.74) is 6.55. The van der Waals surface area contributed by atoms with Crippen molar-refractivity contribution in [3.8, 4) is 12.1 Å². The van der Waals surface area contributed by atoms with Crippen LogP contribution in [0.3, 0.4) is 0 Å². The molecule has 1 aliphatic heterocycles. The van der Waals surface area contributed by atoms with E-state index in [0.717, 1.165) is 36.5 Å². The van der Waals surface area contributed by atoms with Gasteiger partial charge >= 0.3 is 0 Å². The lowest BCUT2D eigenvalue weighted by Gasteiger charge is -2.42. The standard InChI is InChI=1S/C17H24N4S/c1-16(2,3)11-22-15-13(10-19)17(7-5-4-6-8-17)12(9-18)14(20)21-15/h12H,4-8,11H2,1-3H3,(H2,20,21). The average Bonchev–Trinajstić information content (AvgIpc) is 2.45. The van der Waals surface area contributed by atoms with Crippen molar-refractivity contribution in [2.45, 2.75) is 52.9 Å². The molecule has 0 amide bonds. The first-order chi connectivity index (χ1) is 10.3. The summed E-state index contributed by atoms with van der Waals surface area (Å²) in [5, 5.41) is 20.1. The van der Waals surface area contributed by atoms with Crippen molar-refractivity contribution >= 4 is 17.6 Å². The van der Waals surface area contributed by atoms with Crippen LogP contribution in [-0.2, 0) is 0 Å². The minimum Gasteiger partial charge on any atom is -0.386 e. The highest BCUT2D eigenvalue weighted by molar-refractivity contribution is 8.03. The summed E-state index contributed by atoms with van der Waals surface area (Å²) in [6.07, 6.45) is 5.00. The zero-order valence-electron chi connectivity index (χ0n) is 13.6. The fourth-order valence-corrected chi connectivity index (χ4v) is 4.47. The Morgan fingerprint density at radius 1 is 1.27 bits per heavy atom. The first-order valence-corrected chi connectivity index (χ1v) is 8.84. The van der Waals surface area contributed by atoms with E-state index in [4.69, 9.17) is 5.73 Å². The molecule has 0 saturated heterocycles. The van der Waals surface area contributed by atoms with Gasteiger partial charge in [0.25, 0.3) is 0 Å². The van der Waals surface area contributed by atoms with E-state index in [9.17, 15) is 10.5 Å². The SMILES string of the molecule is CC(C)(C)CSC1=C(C#N)C2(CCCCC2)C(C#N)C(N)=N1. The van der Waals surface area contributed by atoms with Gasteiger partial charge in [-0.25, -0.2) is 4.99 Å². The van der Waals surface area contributed by atoms with E-state index in [1.54, 1.807) is 11.8 Å². The third-order valence-corrected chi connectivity index (χ3v) is 6.00. The van der Waals surface area contributed by atoms with Crippen LogP contribution in [0, 0.1) is 39.4 Å². The maximum absolute atomic E-state index is 9.77. The van der Waals surface area contributed by atoms with Crippen molar-refractivity contribution in [2.75, 3.05) is 5.75 Å². The number of rotatable bonds is 2. The van der Waals surface area contributed by atoms with Crippen molar-refractivity contribution in [3.63, 3.8) is 0 Å². The lowest BCUT2D eigenvalue weighted by molar-refractivity contribution is 0.215. The smallest absolute Gasteiger partial charge is 0.119 e. The van der Waals surface area contributed by atoms with Gasteiger partial charge in [-0.05, 0) is 18.3 Å². The predicted molar refractivity (Wildman–Crippen MR) is 90.8 cm³/mol. The predicted octanol–water partition coefficient (Wildman–Crippen LogP) is 3.96. The molecule has 1 saturated carbocycles. The molecule has 1 aliphatic carbocycles. The Labute approximate surface area is 137 Å². The number of hydrogen-bond acceptors (Lipinski definition) is 5. The third kappa shape index (κ3) is 3.15. The molecule has 1 heterocycles. The minimum absolute atomic E-state index is 0.147. The normalized spacial score (nSPS) is 24.6. The van der Waals surface area contributed by atoms with Crippen LogP contribution in [0.15, 0.2) is 15.6 Å². The van der Waals surface area contributed by atoms with E-state index in [0.29, 0.717) is 11.4 Å². The summed E-state index contributed by atoms with van der Waals surface area (Å²) in [6, 6.07) is 4.70. The second kappa shape index (κ2) is 6.34. The highest BCUT2D eigenvalue weighted by atomic mass is 32.2. The number of allylic oxidation sites excluding steroid dienone is 1. The molecular weight excluding hydrogens is 292 g/mol. The molecule has 5 heteroatoms. The Kier molecular flexibility index (Phi) is 4.87. The lowest BCUT2D eigenvalue weighted by Crippen LogP contribution is -2.44. The van der Waals surface area contributed by atoms with Gasteiger partial charge in [-0.15, -0.1) is 11.8 Å². The molecule has 2 rings (SSSR count). The van der Waals surface area contributed by atoms with Crippen molar-refractivity contribution in [2.24, 2.45) is 27.5 Å². The van der Waals surface area contributed by atoms with Crippen LogP contribution in [0.1, 0.15) is 52.9 Å². The van der Waals surface area contributed by atoms with Gasteiger partial charge in [0.2, 0.25) is 0 Å². The Morgan fingerprint density at radius 3 is 2.41 bits per heavy atom. The van der Waals surface area contributed by atoms with Gasteiger partial charge in [0.05, 0.1) is 17.7 Å². The summed E-state index contributed by atoms with van der Waals surface area (Å²) in [7, 11) is 0. The maximum Gasteiger partial charge on any atom is 0.119 e. The molecule has 22 heavy (non-hydrogen) atoms. The second-order valence-corrected chi connectivity index (χ2v) is 8.42. The maximum atomic E-state index is 9.77. The molecule has 1 atom stereocenters. The third-order valence-electron chi connectivity index (χ3n) is 4.42. The Bertz CT molecular complexity index is 577. The number of nitriles is 2. The summed E-state index contributed by atoms with van der Waals surface area (Å²) in [6.45, 7) is 6.49. The quantitative estimate of drug-likeness (QED) is 0.835. The molecule has 0 aromatic heterocycles. The average molecular weight is 316 g/mol. The molecular formula is C17H24N4S. The van der Waals surface area contributed by atoms with Gasteiger partial charge < -0.3 is 5.73 Å². The number of hydrogen-bond donors (Lipinski definition) is 1. The second-order valence-electron chi connectivity index (χ2n) is 7.46. The molecule has 0 aromatic rings. The Morgan fingerprint density at radius 2 is 1.91 bits per heavy atom. The summed E-state index contributed by atoms with van der Waals surface area (Å²) >= 11 is 1.60. The van der Waals surface area contributed by atoms with Crippen molar-refractivity contribution < 1.29 is 0 Å². The Hall–Kier alpha value is -1.46. The molecule has 0 aromatic carbocycles. The summed E-state index contributed by atoms with van der Waals surface area (Å²) in [4.78, 5) is 4.43. The largest absolute Gasteiger partial charge is 0.386 e. The van der Waals surface area contributed by atoms with Crippen molar-refractivity contribution in [1.29, 1.82) is 10.5 Å². The molecule has 1 fully saturated rings. The van der Waals surface area contributed by atoms with Gasteiger partial charge in [-0.3, -0.25) is 0 Å². The van der Waals surface area contributed by atoms with Crippen LogP contribution in [0.5, 0.6) is 0 Å². The van der Waals surface area contributed by atoms with Crippen LogP contribution in [0.2, 0.25) is 0 Å². The molecule has 2 N–H and O–H groups in total. The lowest BCUT2D eigenvalue weighted by atomic mass is 9.61. The number of nitrogens with zero attached hydrogens (tertiary/aromatic N) is 3. The molecule has 1 spiro atoms. The zero-order chi connectivity index (χ0) is 16.4. The summed E-state index contributed by atoms with van der Waals surface area (Å²) in [5.74, 6) is 0.804. The minimum atomic E-state index is -0.457. The Balaban J connectivity index is 2.45. The van der Waals surface area contributed by atoms with Gasteiger partial charge in [0, 0.05) is 11.2 Å². The molecule has 2 aliphatic rings. The van der Waals surface area contributed by atoms with E-state index >= 15 is 0 Å². The van der Waals surface area contributed by atoms with E-state index in [1.807, 2.05) is 0 Å². The number of nitrogens with two attached hydrogens (primary N) is 1. The molecule has 0 radical (unpaired) electrons. The monoisotopic (exact) mass is 316 g/mol. The van der Waals surface area contributed by atoms with E-state index in [1.165, 1.54) is 6.42 Å². The van der Waals surface area contributed by atoms with E-state index in [-0.39, 0.29) is 5.41 Å². The van der Waals surface area contributed by atoms with E-state index < -0.39 is 11.3 Å². The van der Waals surface area contributed by atoms with Crippen LogP contribution in [-0.4, -0.2) is 11.6 Å². The van der Waals surface area contributed by atoms with Crippen LogP contribution < -0.4 is 5.73 Å². The van der Waals surface area contributed by atoms with E-state index in [2.05, 4.69) is 37.9 Å². The van der Waals surface area contributed by atoms with Crippen LogP contribution in [0.25, 0.3) is 0 Å². The first kappa shape index (κ1) is 16.9. The topological polar surface area (TPSA) is 86.0 Å². The highest BCUT2D eigenvalue weighted by Crippen LogP contribution is 2.52.